The Labute approximate surface area is 125 Å². The molecule has 0 saturated carbocycles. The van der Waals surface area contributed by atoms with E-state index in [1.807, 2.05) is 11.6 Å². The van der Waals surface area contributed by atoms with Crippen LogP contribution in [-0.4, -0.2) is 27.6 Å². The van der Waals surface area contributed by atoms with Crippen molar-refractivity contribution in [3.8, 4) is 0 Å². The van der Waals surface area contributed by atoms with Gasteiger partial charge >= 0.3 is 0 Å². The molecule has 2 aromatic heterocycles. The quantitative estimate of drug-likeness (QED) is 0.693. The summed E-state index contributed by atoms with van der Waals surface area (Å²) in [6, 6.07) is 4.52. The fourth-order valence-corrected chi connectivity index (χ4v) is 3.29. The molecule has 1 atom stereocenters. The molecule has 6 heteroatoms. The number of hydrogen-bond acceptors (Lipinski definition) is 3. The van der Waals surface area contributed by atoms with Gasteiger partial charge in [-0.15, -0.1) is 0 Å². The first kappa shape index (κ1) is 13.5. The molecular formula is C16H16FN3O2. The van der Waals surface area contributed by atoms with Crippen LogP contribution in [0.4, 0.5) is 4.39 Å². The van der Waals surface area contributed by atoms with Crippen LogP contribution >= 0.6 is 0 Å². The smallest absolute Gasteiger partial charge is 0.291 e. The van der Waals surface area contributed by atoms with E-state index >= 15 is 0 Å². The summed E-state index contributed by atoms with van der Waals surface area (Å²) in [5.74, 6) is -0.315. The van der Waals surface area contributed by atoms with E-state index < -0.39 is 0 Å². The molecule has 3 aromatic rings. The summed E-state index contributed by atoms with van der Waals surface area (Å²) in [6.07, 6.45) is 3.47. The summed E-state index contributed by atoms with van der Waals surface area (Å²) in [4.78, 5) is 12.8. The van der Waals surface area contributed by atoms with Gasteiger partial charge in [-0.1, -0.05) is 0 Å². The van der Waals surface area contributed by atoms with Crippen molar-refractivity contribution in [1.82, 2.24) is 14.3 Å². The maximum absolute atomic E-state index is 13.5. The van der Waals surface area contributed by atoms with Crippen LogP contribution in [0.5, 0.6) is 0 Å². The Morgan fingerprint density at radius 2 is 2.23 bits per heavy atom. The molecular weight excluding hydrogens is 285 g/mol. The SMILES string of the molecule is Cn1c2ccc(F)cc2c2cnn(C3CCCOC3)c(=O)c21. The van der Waals surface area contributed by atoms with Crippen LogP contribution in [-0.2, 0) is 11.8 Å². The lowest BCUT2D eigenvalue weighted by Gasteiger charge is -2.22. The van der Waals surface area contributed by atoms with E-state index in [4.69, 9.17) is 4.74 Å². The van der Waals surface area contributed by atoms with Crippen molar-refractivity contribution in [1.29, 1.82) is 0 Å². The van der Waals surface area contributed by atoms with Gasteiger partial charge in [-0.05, 0) is 31.0 Å². The molecule has 0 bridgehead atoms. The van der Waals surface area contributed by atoms with Crippen molar-refractivity contribution in [2.45, 2.75) is 18.9 Å². The molecule has 0 spiro atoms. The van der Waals surface area contributed by atoms with E-state index in [2.05, 4.69) is 5.10 Å². The number of rotatable bonds is 1. The van der Waals surface area contributed by atoms with Gasteiger partial charge in [0.1, 0.15) is 11.3 Å². The number of halogens is 1. The Balaban J connectivity index is 2.00. The summed E-state index contributed by atoms with van der Waals surface area (Å²) >= 11 is 0. The molecule has 1 aliphatic rings. The Kier molecular flexibility index (Phi) is 3.00. The number of ether oxygens (including phenoxy) is 1. The second-order valence-electron chi connectivity index (χ2n) is 5.75. The maximum Gasteiger partial charge on any atom is 0.291 e. The van der Waals surface area contributed by atoms with Crippen LogP contribution in [0.1, 0.15) is 18.9 Å². The van der Waals surface area contributed by atoms with Crippen molar-refractivity contribution >= 4 is 21.8 Å². The van der Waals surface area contributed by atoms with Crippen LogP contribution in [0.3, 0.4) is 0 Å². The summed E-state index contributed by atoms with van der Waals surface area (Å²) in [6.45, 7) is 1.25. The monoisotopic (exact) mass is 301 g/mol. The van der Waals surface area contributed by atoms with Gasteiger partial charge in [-0.2, -0.15) is 5.10 Å². The van der Waals surface area contributed by atoms with E-state index in [9.17, 15) is 9.18 Å². The van der Waals surface area contributed by atoms with E-state index in [1.54, 1.807) is 12.3 Å². The minimum Gasteiger partial charge on any atom is -0.379 e. The predicted molar refractivity (Wildman–Crippen MR) is 81.5 cm³/mol. The van der Waals surface area contributed by atoms with Gasteiger partial charge in [0.25, 0.3) is 5.56 Å². The Morgan fingerprint density at radius 3 is 3.00 bits per heavy atom. The minimum atomic E-state index is -0.315. The molecule has 0 amide bonds. The number of hydrogen-bond donors (Lipinski definition) is 0. The number of nitrogens with zero attached hydrogens (tertiary/aromatic N) is 3. The molecule has 4 rings (SSSR count). The fraction of sp³-hybridized carbons (Fsp3) is 0.375. The van der Waals surface area contributed by atoms with Crippen molar-refractivity contribution in [3.05, 3.63) is 40.6 Å². The van der Waals surface area contributed by atoms with Gasteiger partial charge in [0.05, 0.1) is 18.8 Å². The average molecular weight is 301 g/mol. The molecule has 1 fully saturated rings. The van der Waals surface area contributed by atoms with E-state index in [1.165, 1.54) is 16.8 Å². The molecule has 0 aliphatic carbocycles. The zero-order chi connectivity index (χ0) is 15.3. The van der Waals surface area contributed by atoms with Crippen molar-refractivity contribution in [2.24, 2.45) is 7.05 Å². The standard InChI is InChI=1S/C16H16FN3O2/c1-19-14-5-4-10(17)7-12(14)13-8-18-20(16(21)15(13)19)11-3-2-6-22-9-11/h4-5,7-8,11H,2-3,6,9H2,1H3. The summed E-state index contributed by atoms with van der Waals surface area (Å²) in [7, 11) is 1.83. The summed E-state index contributed by atoms with van der Waals surface area (Å²) in [5, 5.41) is 5.72. The van der Waals surface area contributed by atoms with E-state index in [0.717, 1.165) is 25.0 Å². The molecule has 3 heterocycles. The first-order chi connectivity index (χ1) is 10.7. The number of aromatic nitrogens is 3. The van der Waals surface area contributed by atoms with Crippen molar-refractivity contribution in [3.63, 3.8) is 0 Å². The molecule has 0 N–H and O–H groups in total. The minimum absolute atomic E-state index is 0.0274. The molecule has 1 unspecified atom stereocenters. The molecule has 5 nitrogen and oxygen atoms in total. The lowest BCUT2D eigenvalue weighted by atomic mass is 10.1. The predicted octanol–water partition coefficient (Wildman–Crippen LogP) is 2.38. The van der Waals surface area contributed by atoms with Gasteiger partial charge < -0.3 is 9.30 Å². The number of aryl methyl sites for hydroxylation is 1. The zero-order valence-corrected chi connectivity index (χ0v) is 12.3. The number of benzene rings is 1. The third-order valence-electron chi connectivity index (χ3n) is 4.40. The van der Waals surface area contributed by atoms with Crippen LogP contribution in [0.15, 0.2) is 29.2 Å². The Hall–Kier alpha value is -2.21. The third-order valence-corrected chi connectivity index (χ3v) is 4.40. The highest BCUT2D eigenvalue weighted by Gasteiger charge is 2.21. The highest BCUT2D eigenvalue weighted by Crippen LogP contribution is 2.27. The third kappa shape index (κ3) is 1.87. The van der Waals surface area contributed by atoms with Crippen molar-refractivity contribution in [2.75, 3.05) is 13.2 Å². The van der Waals surface area contributed by atoms with Crippen molar-refractivity contribution < 1.29 is 9.13 Å². The topological polar surface area (TPSA) is 49.0 Å². The molecule has 1 aliphatic heterocycles. The van der Waals surface area contributed by atoms with Crippen LogP contribution in [0.2, 0.25) is 0 Å². The maximum atomic E-state index is 13.5. The van der Waals surface area contributed by atoms with Gasteiger partial charge in [-0.25, -0.2) is 9.07 Å². The van der Waals surface area contributed by atoms with Crippen LogP contribution in [0.25, 0.3) is 21.8 Å². The first-order valence-corrected chi connectivity index (χ1v) is 7.40. The largest absolute Gasteiger partial charge is 0.379 e. The lowest BCUT2D eigenvalue weighted by Crippen LogP contribution is -2.32. The number of fused-ring (bicyclic) bond motifs is 3. The normalized spacial score (nSPS) is 19.1. The average Bonchev–Trinajstić information content (AvgIpc) is 2.82. The van der Waals surface area contributed by atoms with Gasteiger partial charge in [0.2, 0.25) is 0 Å². The molecule has 22 heavy (non-hydrogen) atoms. The fourth-order valence-electron chi connectivity index (χ4n) is 3.29. The second kappa shape index (κ2) is 4.91. The van der Waals surface area contributed by atoms with Crippen LogP contribution < -0.4 is 5.56 Å². The Morgan fingerprint density at radius 1 is 1.36 bits per heavy atom. The van der Waals surface area contributed by atoms with Gasteiger partial charge in [0.15, 0.2) is 0 Å². The summed E-state index contributed by atoms with van der Waals surface area (Å²) in [5.41, 5.74) is 1.24. The summed E-state index contributed by atoms with van der Waals surface area (Å²) < 4.78 is 22.3. The molecule has 1 aromatic carbocycles. The molecule has 1 saturated heterocycles. The first-order valence-electron chi connectivity index (χ1n) is 7.40. The second-order valence-corrected chi connectivity index (χ2v) is 5.75. The highest BCUT2D eigenvalue weighted by molar-refractivity contribution is 6.07. The molecule has 114 valence electrons. The Bertz CT molecular complexity index is 922. The molecule has 0 radical (unpaired) electrons. The van der Waals surface area contributed by atoms with Gasteiger partial charge in [-0.3, -0.25) is 4.79 Å². The van der Waals surface area contributed by atoms with Crippen LogP contribution in [0, 0.1) is 5.82 Å². The van der Waals surface area contributed by atoms with Gasteiger partial charge in [0, 0.05) is 29.9 Å². The highest BCUT2D eigenvalue weighted by atomic mass is 19.1. The van der Waals surface area contributed by atoms with E-state index in [-0.39, 0.29) is 17.4 Å². The lowest BCUT2D eigenvalue weighted by molar-refractivity contribution is 0.0533. The van der Waals surface area contributed by atoms with E-state index in [0.29, 0.717) is 22.9 Å². The zero-order valence-electron chi connectivity index (χ0n) is 12.3.